The molecule has 0 fully saturated rings. The van der Waals surface area contributed by atoms with E-state index in [1.165, 1.54) is 160 Å². The molecule has 11 aromatic rings. The van der Waals surface area contributed by atoms with Crippen molar-refractivity contribution in [2.24, 2.45) is 0 Å². The fourth-order valence-corrected chi connectivity index (χ4v) is 17.9. The molecule has 2 unspecified atom stereocenters. The van der Waals surface area contributed by atoms with Gasteiger partial charge in [-0.25, -0.2) is 16.8 Å². The molecule has 0 saturated heterocycles. The number of fused-ring (bicyclic) bond motifs is 8. The SMILES string of the molecule is CCCN1C(=CC=CC2=[N+](C)c3ccc4ccccc4c3C2(C)C)C(Cc2ccccc2)(Cc2ccc(CC3(Cc4ccccc4)C(=CC=CC4=[N+](C)c5ccc6ccccc6c5C4(C)C)N(CCC)c4ccccc43)cc2)c2ccccc21.O=S(=O)([O-])c1ccccc1.O=S(=O)([O-])c1ccccc1. The summed E-state index contributed by atoms with van der Waals surface area (Å²) in [6.07, 6.45) is 20.1. The van der Waals surface area contributed by atoms with Gasteiger partial charge in [0.2, 0.25) is 11.4 Å². The van der Waals surface area contributed by atoms with Crippen molar-refractivity contribution in [3.8, 4) is 0 Å². The zero-order chi connectivity index (χ0) is 73.0. The van der Waals surface area contributed by atoms with Gasteiger partial charge in [0.1, 0.15) is 34.3 Å². The minimum atomic E-state index is -4.25. The van der Waals surface area contributed by atoms with Crippen LogP contribution in [0, 0.1) is 0 Å². The predicted octanol–water partition coefficient (Wildman–Crippen LogP) is 19.4. The monoisotopic (exact) mass is 1410 g/mol. The van der Waals surface area contributed by atoms with Crippen LogP contribution in [0.15, 0.2) is 325 Å². The van der Waals surface area contributed by atoms with Crippen molar-refractivity contribution in [3.05, 3.63) is 359 Å². The van der Waals surface area contributed by atoms with E-state index in [4.69, 9.17) is 0 Å². The molecule has 0 bridgehead atoms. The van der Waals surface area contributed by atoms with Crippen LogP contribution in [-0.2, 0) is 67.6 Å². The Bertz CT molecular complexity index is 5100. The summed E-state index contributed by atoms with van der Waals surface area (Å²) in [6.45, 7) is 16.1. The number of rotatable bonds is 18. The lowest BCUT2D eigenvalue weighted by Gasteiger charge is -2.35. The number of hydrogen-bond donors (Lipinski definition) is 0. The van der Waals surface area contributed by atoms with Crippen LogP contribution in [0.1, 0.15) is 98.9 Å². The van der Waals surface area contributed by atoms with Crippen LogP contribution in [0.2, 0.25) is 0 Å². The Morgan fingerprint density at radius 2 is 0.683 bits per heavy atom. The third-order valence-corrected chi connectivity index (χ3v) is 23.2. The van der Waals surface area contributed by atoms with Gasteiger partial charge in [0.25, 0.3) is 0 Å². The smallest absolute Gasteiger partial charge is 0.210 e. The lowest BCUT2D eigenvalue weighted by molar-refractivity contribution is -0.401. The highest BCUT2D eigenvalue weighted by molar-refractivity contribution is 7.86. The van der Waals surface area contributed by atoms with Gasteiger partial charge < -0.3 is 18.9 Å². The van der Waals surface area contributed by atoms with E-state index < -0.39 is 20.2 Å². The summed E-state index contributed by atoms with van der Waals surface area (Å²) in [6, 6.07) is 92.2. The average Bonchev–Trinajstić information content (AvgIpc) is 1.59. The van der Waals surface area contributed by atoms with Crippen molar-refractivity contribution in [2.45, 2.75) is 112 Å². The number of anilines is 2. The van der Waals surface area contributed by atoms with Gasteiger partial charge in [0.05, 0.1) is 20.6 Å². The zero-order valence-electron chi connectivity index (χ0n) is 60.6. The fraction of sp³-hybridized carbons (Fsp3) is 0.217. The van der Waals surface area contributed by atoms with Crippen LogP contribution < -0.4 is 9.80 Å². The van der Waals surface area contributed by atoms with Crippen LogP contribution in [-0.4, -0.2) is 73.7 Å². The van der Waals surface area contributed by atoms with E-state index in [0.717, 1.165) is 51.6 Å². The number of nitrogens with zero attached hydrogens (tertiary/aromatic N) is 4. The minimum absolute atomic E-state index is 0.182. The maximum Gasteiger partial charge on any atom is 0.210 e. The highest BCUT2D eigenvalue weighted by Crippen LogP contribution is 2.55. The normalized spacial score (nSPS) is 18.6. The van der Waals surface area contributed by atoms with E-state index in [1.54, 1.807) is 12.1 Å². The van der Waals surface area contributed by atoms with Crippen molar-refractivity contribution in [1.82, 2.24) is 0 Å². The molecule has 526 valence electrons. The first-order valence-electron chi connectivity index (χ1n) is 36.0. The fourth-order valence-electron chi connectivity index (χ4n) is 17.0. The molecule has 0 radical (unpaired) electrons. The Kier molecular flexibility index (Phi) is 20.6. The van der Waals surface area contributed by atoms with Crippen LogP contribution in [0.5, 0.6) is 0 Å². The lowest BCUT2D eigenvalue weighted by atomic mass is 9.69. The minimum Gasteiger partial charge on any atom is -0.744 e. The summed E-state index contributed by atoms with van der Waals surface area (Å²) in [7, 11) is -4.02. The molecule has 10 nitrogen and oxygen atoms in total. The van der Waals surface area contributed by atoms with Gasteiger partial charge in [-0.3, -0.25) is 0 Å². The van der Waals surface area contributed by atoms with Crippen LogP contribution in [0.4, 0.5) is 22.7 Å². The van der Waals surface area contributed by atoms with E-state index in [-0.39, 0.29) is 31.5 Å². The topological polar surface area (TPSA) is 127 Å². The molecule has 11 aromatic carbocycles. The number of benzene rings is 11. The Balaban J connectivity index is 0.000000415. The zero-order valence-corrected chi connectivity index (χ0v) is 62.2. The molecule has 4 heterocycles. The second kappa shape index (κ2) is 29.8. The molecule has 15 rings (SSSR count). The summed E-state index contributed by atoms with van der Waals surface area (Å²) in [5.41, 5.74) is 20.5. The summed E-state index contributed by atoms with van der Waals surface area (Å²) >= 11 is 0. The predicted molar refractivity (Wildman–Crippen MR) is 425 cm³/mol. The van der Waals surface area contributed by atoms with Gasteiger partial charge in [0.15, 0.2) is 11.4 Å². The van der Waals surface area contributed by atoms with E-state index >= 15 is 0 Å². The van der Waals surface area contributed by atoms with Gasteiger partial charge in [0, 0.05) is 82.1 Å². The van der Waals surface area contributed by atoms with Crippen molar-refractivity contribution in [2.75, 3.05) is 37.0 Å². The molecule has 12 heteroatoms. The standard InChI is InChI=1S/C80H80N4.2C6H6O3S/c1-9-51-83-67-37-23-21-35-65(67)79(53-57-27-13-11-14-28-57,73(83)41-25-39-71-77(3,4)75-63-33-19-17-31-61(63)47-49-69(75)81(71)7)55-59-43-45-60(46-44-59)56-80(54-58-29-15-12-16-30-58)66-36-22-24-38-68(66)84(52-10-2)74(80)42-26-40-72-78(5,6)76-64-34-20-18-32-62(64)48-50-70(76)82(72)8;2*7-10(8,9)6-4-2-1-3-5-6/h11-50H,9-10,51-56H2,1-8H3;2*1-5H,(H,7,8,9)/q+2;;/p-2. The summed E-state index contributed by atoms with van der Waals surface area (Å²) in [5.74, 6) is 0. The Morgan fingerprint density at radius 3 is 1.02 bits per heavy atom. The molecule has 2 atom stereocenters. The van der Waals surface area contributed by atoms with Crippen molar-refractivity contribution in [1.29, 1.82) is 0 Å². The lowest BCUT2D eigenvalue weighted by Crippen LogP contribution is -2.36. The third-order valence-electron chi connectivity index (χ3n) is 21.5. The van der Waals surface area contributed by atoms with Gasteiger partial charge in [-0.15, -0.1) is 0 Å². The Morgan fingerprint density at radius 1 is 0.375 bits per heavy atom. The molecular weight excluding hydrogens is 1320 g/mol. The Hall–Kier alpha value is -10.3. The average molecular weight is 1410 g/mol. The molecule has 0 spiro atoms. The first-order chi connectivity index (χ1) is 50.1. The van der Waals surface area contributed by atoms with Crippen LogP contribution in [0.25, 0.3) is 21.5 Å². The van der Waals surface area contributed by atoms with E-state index in [1.807, 2.05) is 0 Å². The quantitative estimate of drug-likeness (QED) is 0.0614. The van der Waals surface area contributed by atoms with Gasteiger partial charge in [-0.2, -0.15) is 9.15 Å². The Labute approximate surface area is 614 Å². The molecule has 104 heavy (non-hydrogen) atoms. The van der Waals surface area contributed by atoms with Crippen molar-refractivity contribution in [3.63, 3.8) is 0 Å². The summed E-state index contributed by atoms with van der Waals surface area (Å²) < 4.78 is 66.5. The highest BCUT2D eigenvalue weighted by Gasteiger charge is 2.50. The molecule has 4 aliphatic rings. The second-order valence-corrected chi connectivity index (χ2v) is 31.6. The van der Waals surface area contributed by atoms with Gasteiger partial charge in [-0.1, -0.05) is 232 Å². The number of allylic oxidation sites excluding steroid dienone is 8. The largest absolute Gasteiger partial charge is 0.744 e. The molecule has 0 N–H and O–H groups in total. The first kappa shape index (κ1) is 72.0. The molecule has 0 amide bonds. The van der Waals surface area contributed by atoms with Crippen LogP contribution in [0.3, 0.4) is 0 Å². The van der Waals surface area contributed by atoms with Crippen molar-refractivity contribution < 1.29 is 35.1 Å². The highest BCUT2D eigenvalue weighted by atomic mass is 32.2. The maximum absolute atomic E-state index is 10.3. The maximum atomic E-state index is 10.3. The molecule has 0 aliphatic carbocycles. The molecule has 0 saturated carbocycles. The van der Waals surface area contributed by atoms with Crippen LogP contribution >= 0.6 is 0 Å². The number of hydrogen-bond acceptors (Lipinski definition) is 8. The number of para-hydroxylation sites is 2. The summed E-state index contributed by atoms with van der Waals surface area (Å²) in [5, 5.41) is 5.25. The van der Waals surface area contributed by atoms with E-state index in [9.17, 15) is 25.9 Å². The molecular formula is C92H90N4O6S2. The van der Waals surface area contributed by atoms with E-state index in [2.05, 4.69) is 317 Å². The van der Waals surface area contributed by atoms with Crippen molar-refractivity contribution >= 4 is 76.0 Å². The van der Waals surface area contributed by atoms with E-state index in [0.29, 0.717) is 0 Å². The van der Waals surface area contributed by atoms with Gasteiger partial charge >= 0.3 is 0 Å². The third kappa shape index (κ3) is 14.0. The first-order valence-corrected chi connectivity index (χ1v) is 38.9. The molecule has 0 aromatic heterocycles. The molecule has 4 aliphatic heterocycles. The second-order valence-electron chi connectivity index (χ2n) is 28.9. The van der Waals surface area contributed by atoms with Gasteiger partial charge in [-0.05, 0) is 182 Å². The summed E-state index contributed by atoms with van der Waals surface area (Å²) in [4.78, 5) is 4.92.